The van der Waals surface area contributed by atoms with E-state index in [2.05, 4.69) is 15.9 Å². The number of alkyl halides is 4. The molecule has 1 fully saturated rings. The molecule has 2 nitrogen and oxygen atoms in total. The topological polar surface area (TPSA) is 20.3 Å². The number of hydrogen-bond donors (Lipinski definition) is 0. The van der Waals surface area contributed by atoms with Gasteiger partial charge in [0, 0.05) is 23.1 Å². The van der Waals surface area contributed by atoms with Crippen LogP contribution >= 0.6 is 27.5 Å². The lowest BCUT2D eigenvalue weighted by Crippen LogP contribution is -2.40. The SMILES string of the molecule is O=C(c1ccc(Br)c(C(F)(F)F)c1)N1CCCC(Cl)C1. The molecule has 0 spiro atoms. The summed E-state index contributed by atoms with van der Waals surface area (Å²) >= 11 is 8.85. The third-order valence-corrected chi connectivity index (χ3v) is 4.22. The van der Waals surface area contributed by atoms with E-state index in [4.69, 9.17) is 11.6 Å². The van der Waals surface area contributed by atoms with Crippen molar-refractivity contribution in [3.8, 4) is 0 Å². The standard InChI is InChI=1S/C13H12BrClF3NO/c14-11-4-3-8(6-10(11)13(16,17)18)12(20)19-5-1-2-9(15)7-19/h3-4,6,9H,1-2,5,7H2. The molecule has 7 heteroatoms. The second-order valence-electron chi connectivity index (χ2n) is 4.68. The zero-order chi connectivity index (χ0) is 14.9. The third kappa shape index (κ3) is 3.47. The minimum absolute atomic E-state index is 0.0336. The Morgan fingerprint density at radius 3 is 2.70 bits per heavy atom. The molecule has 0 saturated carbocycles. The van der Waals surface area contributed by atoms with Crippen molar-refractivity contribution in [2.24, 2.45) is 0 Å². The predicted octanol–water partition coefficient (Wildman–Crippen LogP) is 4.31. The summed E-state index contributed by atoms with van der Waals surface area (Å²) in [4.78, 5) is 13.7. The fourth-order valence-corrected chi connectivity index (χ4v) is 2.96. The van der Waals surface area contributed by atoms with E-state index in [1.54, 1.807) is 0 Å². The van der Waals surface area contributed by atoms with E-state index < -0.39 is 17.6 Å². The first kappa shape index (κ1) is 15.6. The van der Waals surface area contributed by atoms with Gasteiger partial charge in [0.15, 0.2) is 0 Å². The molecule has 1 aliphatic rings. The maximum atomic E-state index is 12.8. The molecule has 0 bridgehead atoms. The molecule has 0 radical (unpaired) electrons. The van der Waals surface area contributed by atoms with Crippen molar-refractivity contribution < 1.29 is 18.0 Å². The minimum Gasteiger partial charge on any atom is -0.337 e. The number of carbonyl (C=O) groups is 1. The smallest absolute Gasteiger partial charge is 0.337 e. The van der Waals surface area contributed by atoms with E-state index in [9.17, 15) is 18.0 Å². The minimum atomic E-state index is -4.49. The Morgan fingerprint density at radius 2 is 2.10 bits per heavy atom. The highest BCUT2D eigenvalue weighted by Gasteiger charge is 2.34. The van der Waals surface area contributed by atoms with Crippen molar-refractivity contribution in [3.63, 3.8) is 0 Å². The molecule has 0 aromatic heterocycles. The van der Waals surface area contributed by atoms with Gasteiger partial charge in [-0.15, -0.1) is 11.6 Å². The molecular weight excluding hydrogens is 359 g/mol. The van der Waals surface area contributed by atoms with Gasteiger partial charge in [0.2, 0.25) is 0 Å². The van der Waals surface area contributed by atoms with E-state index in [-0.39, 0.29) is 15.4 Å². The second-order valence-corrected chi connectivity index (χ2v) is 6.15. The molecule has 1 unspecified atom stereocenters. The van der Waals surface area contributed by atoms with Crippen LogP contribution in [0.4, 0.5) is 13.2 Å². The van der Waals surface area contributed by atoms with Crippen LogP contribution in [-0.2, 0) is 6.18 Å². The summed E-state index contributed by atoms with van der Waals surface area (Å²) in [5.41, 5.74) is -0.811. The second kappa shape index (κ2) is 5.93. The summed E-state index contributed by atoms with van der Waals surface area (Å²) in [6.07, 6.45) is -2.91. The Hall–Kier alpha value is -0.750. The Balaban J connectivity index is 2.26. The van der Waals surface area contributed by atoms with Gasteiger partial charge in [0.25, 0.3) is 5.91 Å². The van der Waals surface area contributed by atoms with Crippen LogP contribution in [0.3, 0.4) is 0 Å². The van der Waals surface area contributed by atoms with E-state index in [0.29, 0.717) is 13.1 Å². The van der Waals surface area contributed by atoms with Crippen LogP contribution in [0.1, 0.15) is 28.8 Å². The highest BCUT2D eigenvalue weighted by molar-refractivity contribution is 9.10. The number of benzene rings is 1. The largest absolute Gasteiger partial charge is 0.417 e. The Morgan fingerprint density at radius 1 is 1.40 bits per heavy atom. The number of piperidine rings is 1. The predicted molar refractivity (Wildman–Crippen MR) is 73.9 cm³/mol. The van der Waals surface area contributed by atoms with Gasteiger partial charge in [-0.1, -0.05) is 15.9 Å². The van der Waals surface area contributed by atoms with Crippen LogP contribution in [0.2, 0.25) is 0 Å². The average Bonchev–Trinajstić information content (AvgIpc) is 2.37. The number of hydrogen-bond acceptors (Lipinski definition) is 1. The molecule has 1 saturated heterocycles. The van der Waals surface area contributed by atoms with Gasteiger partial charge < -0.3 is 4.90 Å². The van der Waals surface area contributed by atoms with Gasteiger partial charge in [0.1, 0.15) is 0 Å². The fourth-order valence-electron chi connectivity index (χ4n) is 2.17. The lowest BCUT2D eigenvalue weighted by molar-refractivity contribution is -0.138. The van der Waals surface area contributed by atoms with Gasteiger partial charge in [-0.05, 0) is 31.0 Å². The Labute approximate surface area is 128 Å². The molecule has 1 aromatic carbocycles. The zero-order valence-electron chi connectivity index (χ0n) is 10.4. The summed E-state index contributed by atoms with van der Waals surface area (Å²) in [6.45, 7) is 0.900. The fraction of sp³-hybridized carbons (Fsp3) is 0.462. The Bertz CT molecular complexity index is 521. The normalized spacial score (nSPS) is 20.1. The van der Waals surface area contributed by atoms with Crippen molar-refractivity contribution in [2.45, 2.75) is 24.4 Å². The van der Waals surface area contributed by atoms with Crippen LogP contribution in [0, 0.1) is 0 Å². The summed E-state index contributed by atoms with van der Waals surface area (Å²) in [5.74, 6) is -0.409. The summed E-state index contributed by atoms with van der Waals surface area (Å²) < 4.78 is 38.4. The van der Waals surface area contributed by atoms with Crippen LogP contribution in [0.5, 0.6) is 0 Å². The van der Waals surface area contributed by atoms with Crippen LogP contribution in [-0.4, -0.2) is 29.3 Å². The van der Waals surface area contributed by atoms with Crippen molar-refractivity contribution in [3.05, 3.63) is 33.8 Å². The maximum absolute atomic E-state index is 12.8. The van der Waals surface area contributed by atoms with E-state index in [0.717, 1.165) is 18.9 Å². The Kier molecular flexibility index (Phi) is 4.64. The molecule has 1 heterocycles. The molecule has 0 aliphatic carbocycles. The molecular formula is C13H12BrClF3NO. The van der Waals surface area contributed by atoms with Crippen molar-refractivity contribution in [1.82, 2.24) is 4.90 Å². The molecule has 1 aromatic rings. The number of carbonyl (C=O) groups excluding carboxylic acids is 1. The molecule has 2 rings (SSSR count). The monoisotopic (exact) mass is 369 g/mol. The van der Waals surface area contributed by atoms with Crippen LogP contribution in [0.25, 0.3) is 0 Å². The van der Waals surface area contributed by atoms with Gasteiger partial charge >= 0.3 is 6.18 Å². The highest BCUT2D eigenvalue weighted by atomic mass is 79.9. The molecule has 1 atom stereocenters. The number of rotatable bonds is 1. The first-order valence-electron chi connectivity index (χ1n) is 6.09. The van der Waals surface area contributed by atoms with Gasteiger partial charge in [0.05, 0.1) is 10.9 Å². The van der Waals surface area contributed by atoms with Crippen LogP contribution in [0.15, 0.2) is 22.7 Å². The zero-order valence-corrected chi connectivity index (χ0v) is 12.7. The summed E-state index contributed by atoms with van der Waals surface area (Å²) in [5, 5.41) is -0.134. The average molecular weight is 371 g/mol. The molecule has 1 aliphatic heterocycles. The van der Waals surface area contributed by atoms with Gasteiger partial charge in [-0.3, -0.25) is 4.79 Å². The number of likely N-dealkylation sites (tertiary alicyclic amines) is 1. The molecule has 1 amide bonds. The number of amides is 1. The van der Waals surface area contributed by atoms with Crippen molar-refractivity contribution >= 4 is 33.4 Å². The van der Waals surface area contributed by atoms with E-state index in [1.165, 1.54) is 17.0 Å². The summed E-state index contributed by atoms with van der Waals surface area (Å²) in [7, 11) is 0. The molecule has 110 valence electrons. The summed E-state index contributed by atoms with van der Waals surface area (Å²) in [6, 6.07) is 3.52. The highest BCUT2D eigenvalue weighted by Crippen LogP contribution is 2.35. The lowest BCUT2D eigenvalue weighted by atomic mass is 10.1. The van der Waals surface area contributed by atoms with Gasteiger partial charge in [-0.2, -0.15) is 13.2 Å². The number of halogens is 5. The first-order chi connectivity index (χ1) is 9.29. The van der Waals surface area contributed by atoms with E-state index in [1.807, 2.05) is 0 Å². The maximum Gasteiger partial charge on any atom is 0.417 e. The quantitative estimate of drug-likeness (QED) is 0.675. The lowest BCUT2D eigenvalue weighted by Gasteiger charge is -2.30. The van der Waals surface area contributed by atoms with Crippen molar-refractivity contribution in [1.29, 1.82) is 0 Å². The van der Waals surface area contributed by atoms with E-state index >= 15 is 0 Å². The van der Waals surface area contributed by atoms with Crippen molar-refractivity contribution in [2.75, 3.05) is 13.1 Å². The third-order valence-electron chi connectivity index (χ3n) is 3.17. The molecule has 20 heavy (non-hydrogen) atoms. The molecule has 0 N–H and O–H groups in total. The van der Waals surface area contributed by atoms with Gasteiger partial charge in [-0.25, -0.2) is 0 Å². The number of nitrogens with zero attached hydrogens (tertiary/aromatic N) is 1. The first-order valence-corrected chi connectivity index (χ1v) is 7.32. The van der Waals surface area contributed by atoms with Crippen LogP contribution < -0.4 is 0 Å².